The van der Waals surface area contributed by atoms with Crippen molar-refractivity contribution in [2.45, 2.75) is 63.0 Å². The number of methoxy groups -OCH3 is 1. The van der Waals surface area contributed by atoms with Crippen LogP contribution in [0.1, 0.15) is 48.8 Å². The lowest BCUT2D eigenvalue weighted by atomic mass is 9.51. The van der Waals surface area contributed by atoms with Crippen molar-refractivity contribution in [3.05, 3.63) is 28.8 Å². The number of rotatable bonds is 3. The second-order valence-corrected chi connectivity index (χ2v) is 9.09. The third kappa shape index (κ3) is 2.31. The molecule has 1 unspecified atom stereocenters. The topological polar surface area (TPSA) is 49.8 Å². The van der Waals surface area contributed by atoms with Gasteiger partial charge in [0.2, 0.25) is 0 Å². The molecule has 0 radical (unpaired) electrons. The van der Waals surface area contributed by atoms with E-state index < -0.39 is 0 Å². The maximum atomic E-state index is 12.8. The van der Waals surface area contributed by atoms with E-state index >= 15 is 0 Å². The maximum Gasteiger partial charge on any atom is 0.162 e. The van der Waals surface area contributed by atoms with Gasteiger partial charge < -0.3 is 9.84 Å². The number of nitrogens with zero attached hydrogens (tertiary/aromatic N) is 1. The van der Waals surface area contributed by atoms with Crippen molar-refractivity contribution in [3.8, 4) is 5.75 Å². The number of aromatic hydroxyl groups is 1. The molecule has 0 spiro atoms. The van der Waals surface area contributed by atoms with E-state index in [1.807, 2.05) is 13.0 Å². The molecule has 1 heterocycles. The zero-order valence-corrected chi connectivity index (χ0v) is 15.8. The molecular weight excluding hydrogens is 326 g/mol. The van der Waals surface area contributed by atoms with Gasteiger partial charge in [0.05, 0.1) is 0 Å². The lowest BCUT2D eigenvalue weighted by Crippen LogP contribution is -2.64. The molecule has 1 saturated heterocycles. The third-order valence-electron chi connectivity index (χ3n) is 7.67. The highest BCUT2D eigenvalue weighted by Crippen LogP contribution is 2.58. The molecule has 0 aromatic heterocycles. The zero-order valence-electron chi connectivity index (χ0n) is 15.8. The minimum absolute atomic E-state index is 0.194. The summed E-state index contributed by atoms with van der Waals surface area (Å²) >= 11 is 0. The lowest BCUT2D eigenvalue weighted by Gasteiger charge is -2.59. The van der Waals surface area contributed by atoms with Crippen LogP contribution >= 0.6 is 0 Å². The third-order valence-corrected chi connectivity index (χ3v) is 7.67. The number of ether oxygens (including phenoxy) is 1. The van der Waals surface area contributed by atoms with Crippen LogP contribution < -0.4 is 0 Å². The van der Waals surface area contributed by atoms with Gasteiger partial charge >= 0.3 is 0 Å². The minimum Gasteiger partial charge on any atom is -0.507 e. The number of aryl methyl sites for hydroxylation is 1. The molecule has 26 heavy (non-hydrogen) atoms. The lowest BCUT2D eigenvalue weighted by molar-refractivity contribution is -0.142. The van der Waals surface area contributed by atoms with E-state index in [0.717, 1.165) is 42.9 Å². The van der Waals surface area contributed by atoms with E-state index in [-0.39, 0.29) is 17.3 Å². The number of benzene rings is 1. The fraction of sp³-hybridized carbons (Fsp3) is 0.682. The number of hydrogen-bond acceptors (Lipinski definition) is 4. The number of phenolic OH excluding ortho intramolecular Hbond substituents is 1. The van der Waals surface area contributed by atoms with E-state index in [2.05, 4.69) is 11.0 Å². The Hall–Kier alpha value is -1.39. The number of likely N-dealkylation sites (tertiary alicyclic amines) is 1. The van der Waals surface area contributed by atoms with Gasteiger partial charge in [0.15, 0.2) is 5.78 Å². The summed E-state index contributed by atoms with van der Waals surface area (Å²) in [7, 11) is 1.66. The molecule has 1 aromatic carbocycles. The number of carbonyl (C=O) groups excluding carboxylic acids is 1. The summed E-state index contributed by atoms with van der Waals surface area (Å²) in [5.74, 6) is 1.92. The molecule has 4 aliphatic rings. The fourth-order valence-electron chi connectivity index (χ4n) is 6.15. The highest BCUT2D eigenvalue weighted by Gasteiger charge is 2.58. The summed E-state index contributed by atoms with van der Waals surface area (Å²) in [6.45, 7) is 4.23. The molecule has 3 fully saturated rings. The van der Waals surface area contributed by atoms with Crippen LogP contribution in [0.4, 0.5) is 0 Å². The first-order valence-corrected chi connectivity index (χ1v) is 10.1. The molecule has 2 bridgehead atoms. The van der Waals surface area contributed by atoms with Gasteiger partial charge in [-0.2, -0.15) is 0 Å². The highest BCUT2D eigenvalue weighted by atomic mass is 16.5. The van der Waals surface area contributed by atoms with Crippen LogP contribution in [0.25, 0.3) is 0 Å². The first kappa shape index (κ1) is 16.8. The predicted molar refractivity (Wildman–Crippen MR) is 99.5 cm³/mol. The molecule has 2 saturated carbocycles. The summed E-state index contributed by atoms with van der Waals surface area (Å²) in [6.07, 6.45) is 5.76. The molecule has 5 rings (SSSR count). The zero-order chi connectivity index (χ0) is 18.1. The SMILES string of the molecule is COC1C[C@@H]2[C@@H]3Cc4ccc(C)c(O)c4[C@]2(CCN3CC2CC2)CC1=O. The average molecular weight is 355 g/mol. The Balaban J connectivity index is 1.63. The second-order valence-electron chi connectivity index (χ2n) is 9.09. The monoisotopic (exact) mass is 355 g/mol. The van der Waals surface area contributed by atoms with Crippen LogP contribution in [-0.2, 0) is 21.4 Å². The second kappa shape index (κ2) is 5.80. The van der Waals surface area contributed by atoms with Crippen LogP contribution in [0.5, 0.6) is 5.75 Å². The van der Waals surface area contributed by atoms with Gasteiger partial charge in [0.1, 0.15) is 11.9 Å². The van der Waals surface area contributed by atoms with Crippen LogP contribution in [0, 0.1) is 18.8 Å². The largest absolute Gasteiger partial charge is 0.507 e. The van der Waals surface area contributed by atoms with Gasteiger partial charge in [-0.3, -0.25) is 9.69 Å². The van der Waals surface area contributed by atoms with Crippen LogP contribution in [-0.4, -0.2) is 48.1 Å². The first-order valence-electron chi connectivity index (χ1n) is 10.1. The number of carbonyl (C=O) groups is 1. The van der Waals surface area contributed by atoms with Crippen LogP contribution in [0.3, 0.4) is 0 Å². The molecular formula is C22H29NO3. The quantitative estimate of drug-likeness (QED) is 0.906. The molecule has 140 valence electrons. The summed E-state index contributed by atoms with van der Waals surface area (Å²) < 4.78 is 5.55. The van der Waals surface area contributed by atoms with Crippen LogP contribution in [0.15, 0.2) is 12.1 Å². The smallest absolute Gasteiger partial charge is 0.162 e. The molecule has 4 heteroatoms. The molecule has 1 N–H and O–H groups in total. The Morgan fingerprint density at radius 3 is 2.88 bits per heavy atom. The van der Waals surface area contributed by atoms with Crippen molar-refractivity contribution in [3.63, 3.8) is 0 Å². The Kier molecular flexibility index (Phi) is 3.74. The van der Waals surface area contributed by atoms with Crippen molar-refractivity contribution in [1.29, 1.82) is 0 Å². The Morgan fingerprint density at radius 2 is 2.15 bits per heavy atom. The minimum atomic E-state index is -0.273. The molecule has 1 aromatic rings. The Labute approximate surface area is 155 Å². The van der Waals surface area contributed by atoms with Crippen LogP contribution in [0.2, 0.25) is 0 Å². The van der Waals surface area contributed by atoms with Gasteiger partial charge in [0.25, 0.3) is 0 Å². The average Bonchev–Trinajstić information content (AvgIpc) is 3.43. The standard InChI is InChI=1S/C22H29NO3/c1-13-3-6-15-9-17-16-10-19(26-2)18(24)11-22(16,20(15)21(13)25)7-8-23(17)12-14-4-5-14/h3,6,14,16-17,19,25H,4-5,7-12H2,1-2H3/t16-,17+,19?,22-/m1/s1. The number of piperidine rings is 1. The van der Waals surface area contributed by atoms with Gasteiger partial charge in [-0.05, 0) is 68.5 Å². The van der Waals surface area contributed by atoms with Gasteiger partial charge in [-0.1, -0.05) is 12.1 Å². The number of Topliss-reactive ketones (excluding diaryl/α,β-unsaturated/α-hetero) is 1. The highest BCUT2D eigenvalue weighted by molar-refractivity contribution is 5.86. The molecule has 4 atom stereocenters. The summed E-state index contributed by atoms with van der Waals surface area (Å²) in [5.41, 5.74) is 3.09. The summed E-state index contributed by atoms with van der Waals surface area (Å²) in [6, 6.07) is 4.71. The van der Waals surface area contributed by atoms with Crippen molar-refractivity contribution in [1.82, 2.24) is 4.90 Å². The molecule has 1 aliphatic heterocycles. The van der Waals surface area contributed by atoms with Crippen molar-refractivity contribution in [2.75, 3.05) is 20.2 Å². The first-order chi connectivity index (χ1) is 12.5. The van der Waals surface area contributed by atoms with Gasteiger partial charge in [0, 0.05) is 37.1 Å². The molecule has 3 aliphatic carbocycles. The summed E-state index contributed by atoms with van der Waals surface area (Å²) in [4.78, 5) is 15.5. The van der Waals surface area contributed by atoms with E-state index in [9.17, 15) is 9.90 Å². The number of ketones is 1. The predicted octanol–water partition coefficient (Wildman–Crippen LogP) is 2.97. The Bertz CT molecular complexity index is 756. The van der Waals surface area contributed by atoms with Gasteiger partial charge in [-0.25, -0.2) is 0 Å². The number of phenols is 1. The van der Waals surface area contributed by atoms with E-state index in [4.69, 9.17) is 4.74 Å². The normalized spacial score (nSPS) is 36.5. The maximum absolute atomic E-state index is 12.8. The van der Waals surface area contributed by atoms with E-state index in [1.54, 1.807) is 7.11 Å². The Morgan fingerprint density at radius 1 is 1.35 bits per heavy atom. The fourth-order valence-corrected chi connectivity index (χ4v) is 6.15. The van der Waals surface area contributed by atoms with Gasteiger partial charge in [-0.15, -0.1) is 0 Å². The number of hydrogen-bond donors (Lipinski definition) is 1. The molecule has 4 nitrogen and oxygen atoms in total. The van der Waals surface area contributed by atoms with E-state index in [1.165, 1.54) is 24.9 Å². The van der Waals surface area contributed by atoms with E-state index in [0.29, 0.717) is 24.1 Å². The summed E-state index contributed by atoms with van der Waals surface area (Å²) in [5, 5.41) is 11.0. The molecule has 0 amide bonds. The van der Waals surface area contributed by atoms with Crippen molar-refractivity contribution < 1.29 is 14.6 Å². The van der Waals surface area contributed by atoms with Crippen molar-refractivity contribution >= 4 is 5.78 Å². The van der Waals surface area contributed by atoms with Crippen molar-refractivity contribution in [2.24, 2.45) is 11.8 Å². The number of fused-ring (bicyclic) bond motifs is 1.